The average molecular weight is 418 g/mol. The molecule has 1 aliphatic rings. The number of carbonyl (C=O) groups is 1. The summed E-state index contributed by atoms with van der Waals surface area (Å²) in [6.07, 6.45) is 5.54. The van der Waals surface area contributed by atoms with Crippen molar-refractivity contribution in [2.24, 2.45) is 0 Å². The molecule has 114 valence electrons. The molecule has 1 N–H and O–H groups in total. The quantitative estimate of drug-likeness (QED) is 0.816. The van der Waals surface area contributed by atoms with Crippen molar-refractivity contribution in [3.05, 3.63) is 32.8 Å². The molecule has 1 heterocycles. The molecule has 6 heteroatoms. The van der Waals surface area contributed by atoms with Crippen molar-refractivity contribution in [2.45, 2.75) is 18.9 Å². The Balaban J connectivity index is 2.03. The molecule has 0 aromatic heterocycles. The second-order valence-corrected chi connectivity index (χ2v) is 6.70. The van der Waals surface area contributed by atoms with Crippen molar-refractivity contribution < 1.29 is 9.53 Å². The van der Waals surface area contributed by atoms with Crippen LogP contribution >= 0.6 is 31.9 Å². The molecular weight excluding hydrogens is 400 g/mol. The highest BCUT2D eigenvalue weighted by molar-refractivity contribution is 9.11. The lowest BCUT2D eigenvalue weighted by molar-refractivity contribution is -0.124. The number of rotatable bonds is 4. The maximum atomic E-state index is 12.1. The minimum Gasteiger partial charge on any atom is -0.496 e. The summed E-state index contributed by atoms with van der Waals surface area (Å²) in [5.74, 6) is 0.797. The number of nitrogens with zero attached hydrogens (tertiary/aromatic N) is 1. The van der Waals surface area contributed by atoms with Gasteiger partial charge in [0.25, 0.3) is 0 Å². The fourth-order valence-electron chi connectivity index (χ4n) is 2.38. The third-order valence-electron chi connectivity index (χ3n) is 3.58. The molecule has 0 aliphatic carbocycles. The molecule has 0 spiro atoms. The summed E-state index contributed by atoms with van der Waals surface area (Å²) in [4.78, 5) is 14.1. The average Bonchev–Trinajstić information content (AvgIpc) is 2.87. The Morgan fingerprint density at radius 3 is 2.81 bits per heavy atom. The van der Waals surface area contributed by atoms with E-state index in [2.05, 4.69) is 42.1 Å². The highest BCUT2D eigenvalue weighted by atomic mass is 79.9. The number of hydrogen-bond donors (Lipinski definition) is 1. The van der Waals surface area contributed by atoms with Gasteiger partial charge < -0.3 is 10.1 Å². The van der Waals surface area contributed by atoms with Crippen LogP contribution in [0.25, 0.3) is 6.08 Å². The molecule has 1 fully saturated rings. The zero-order valence-corrected chi connectivity index (χ0v) is 15.2. The maximum Gasteiger partial charge on any atom is 0.241 e. The fraction of sp³-hybridized carbons (Fsp3) is 0.400. The molecule has 4 nitrogen and oxygen atoms in total. The van der Waals surface area contributed by atoms with Crippen LogP contribution < -0.4 is 10.1 Å². The Labute approximate surface area is 141 Å². The first kappa shape index (κ1) is 16.5. The molecule has 2 rings (SSSR count). The van der Waals surface area contributed by atoms with Crippen LogP contribution in [0, 0.1) is 0 Å². The number of nitrogens with one attached hydrogen (secondary N) is 1. The molecule has 0 saturated carbocycles. The predicted molar refractivity (Wildman–Crippen MR) is 91.2 cm³/mol. The number of likely N-dealkylation sites (N-methyl/N-ethyl adjacent to an activating group) is 1. The van der Waals surface area contributed by atoms with E-state index in [9.17, 15) is 4.79 Å². The van der Waals surface area contributed by atoms with Crippen LogP contribution in [-0.4, -0.2) is 37.6 Å². The number of methoxy groups -OCH3 is 1. The fourth-order valence-corrected chi connectivity index (χ4v) is 3.67. The Hall–Kier alpha value is -0.850. The molecular formula is C15H18Br2N2O2. The van der Waals surface area contributed by atoms with Gasteiger partial charge in [0.2, 0.25) is 5.91 Å². The van der Waals surface area contributed by atoms with Gasteiger partial charge in [0.15, 0.2) is 0 Å². The molecule has 1 atom stereocenters. The number of likely N-dealkylation sites (tertiary alicyclic amines) is 1. The smallest absolute Gasteiger partial charge is 0.241 e. The maximum absolute atomic E-state index is 12.1. The molecule has 1 aromatic carbocycles. The van der Waals surface area contributed by atoms with Gasteiger partial charge in [-0.3, -0.25) is 9.69 Å². The summed E-state index contributed by atoms with van der Waals surface area (Å²) in [6, 6.07) is 3.81. The lowest BCUT2D eigenvalue weighted by atomic mass is 10.2. The van der Waals surface area contributed by atoms with Crippen molar-refractivity contribution in [1.29, 1.82) is 0 Å². The first-order valence-electron chi connectivity index (χ1n) is 6.73. The van der Waals surface area contributed by atoms with E-state index in [0.29, 0.717) is 0 Å². The van der Waals surface area contributed by atoms with E-state index in [1.54, 1.807) is 13.3 Å². The molecule has 1 amide bonds. The van der Waals surface area contributed by atoms with Gasteiger partial charge in [-0.25, -0.2) is 0 Å². The SMILES string of the molecule is COc1cc(/C=C/NC(=O)C2CCCN2C)c(Br)cc1Br. The normalized spacial score (nSPS) is 19.1. The second-order valence-electron chi connectivity index (χ2n) is 4.99. The minimum absolute atomic E-state index is 0.0162. The van der Waals surface area contributed by atoms with Gasteiger partial charge in [-0.1, -0.05) is 15.9 Å². The Morgan fingerprint density at radius 2 is 2.19 bits per heavy atom. The van der Waals surface area contributed by atoms with Crippen LogP contribution in [0.5, 0.6) is 5.75 Å². The van der Waals surface area contributed by atoms with E-state index in [4.69, 9.17) is 4.74 Å². The predicted octanol–water partition coefficient (Wildman–Crippen LogP) is 3.40. The summed E-state index contributed by atoms with van der Waals surface area (Å²) in [5, 5.41) is 2.85. The largest absolute Gasteiger partial charge is 0.496 e. The number of benzene rings is 1. The second kappa shape index (κ2) is 7.42. The van der Waals surface area contributed by atoms with Crippen molar-refractivity contribution >= 4 is 43.8 Å². The zero-order chi connectivity index (χ0) is 15.4. The lowest BCUT2D eigenvalue weighted by Crippen LogP contribution is -2.39. The molecule has 1 aliphatic heterocycles. The van der Waals surface area contributed by atoms with Gasteiger partial charge in [0, 0.05) is 10.7 Å². The monoisotopic (exact) mass is 416 g/mol. The number of halogens is 2. The zero-order valence-electron chi connectivity index (χ0n) is 12.0. The van der Waals surface area contributed by atoms with E-state index in [1.165, 1.54) is 0 Å². The van der Waals surface area contributed by atoms with Crippen molar-refractivity contribution in [3.8, 4) is 5.75 Å². The lowest BCUT2D eigenvalue weighted by Gasteiger charge is -2.17. The first-order chi connectivity index (χ1) is 10.0. The van der Waals surface area contributed by atoms with Crippen LogP contribution in [0.1, 0.15) is 18.4 Å². The summed E-state index contributed by atoms with van der Waals surface area (Å²) >= 11 is 6.93. The van der Waals surface area contributed by atoms with Crippen molar-refractivity contribution in [2.75, 3.05) is 20.7 Å². The Bertz CT molecular complexity index is 561. The van der Waals surface area contributed by atoms with Gasteiger partial charge in [-0.05, 0) is 66.1 Å². The molecule has 0 radical (unpaired) electrons. The molecule has 0 bridgehead atoms. The Kier molecular flexibility index (Phi) is 5.84. The van der Waals surface area contributed by atoms with Crippen LogP contribution in [0.2, 0.25) is 0 Å². The molecule has 1 unspecified atom stereocenters. The van der Waals surface area contributed by atoms with E-state index in [-0.39, 0.29) is 11.9 Å². The van der Waals surface area contributed by atoms with Gasteiger partial charge in [-0.15, -0.1) is 0 Å². The molecule has 1 saturated heterocycles. The third kappa shape index (κ3) is 4.08. The first-order valence-corrected chi connectivity index (χ1v) is 8.31. The van der Waals surface area contributed by atoms with Gasteiger partial charge in [0.1, 0.15) is 5.75 Å². The summed E-state index contributed by atoms with van der Waals surface area (Å²) < 4.78 is 7.08. The number of hydrogen-bond acceptors (Lipinski definition) is 3. The van der Waals surface area contributed by atoms with E-state index in [0.717, 1.165) is 39.6 Å². The van der Waals surface area contributed by atoms with Crippen LogP contribution in [0.3, 0.4) is 0 Å². The number of carbonyl (C=O) groups excluding carboxylic acids is 1. The molecule has 21 heavy (non-hydrogen) atoms. The van der Waals surface area contributed by atoms with Crippen LogP contribution in [-0.2, 0) is 4.79 Å². The van der Waals surface area contributed by atoms with Gasteiger partial charge >= 0.3 is 0 Å². The minimum atomic E-state index is -0.0162. The van der Waals surface area contributed by atoms with Crippen molar-refractivity contribution in [3.63, 3.8) is 0 Å². The van der Waals surface area contributed by atoms with Crippen LogP contribution in [0.15, 0.2) is 27.3 Å². The highest BCUT2D eigenvalue weighted by Gasteiger charge is 2.26. The van der Waals surface area contributed by atoms with Gasteiger partial charge in [-0.2, -0.15) is 0 Å². The van der Waals surface area contributed by atoms with E-state index < -0.39 is 0 Å². The summed E-state index contributed by atoms with van der Waals surface area (Å²) in [5.41, 5.74) is 0.940. The number of amides is 1. The van der Waals surface area contributed by atoms with Crippen LogP contribution in [0.4, 0.5) is 0 Å². The van der Waals surface area contributed by atoms with E-state index in [1.807, 2.05) is 25.3 Å². The molecule has 1 aromatic rings. The summed E-state index contributed by atoms with van der Waals surface area (Å²) in [7, 11) is 3.61. The van der Waals surface area contributed by atoms with Gasteiger partial charge in [0.05, 0.1) is 17.6 Å². The summed E-state index contributed by atoms with van der Waals surface area (Å²) in [6.45, 7) is 0.983. The topological polar surface area (TPSA) is 41.6 Å². The standard InChI is InChI=1S/C15H18Br2N2O2/c1-19-7-3-4-13(19)15(20)18-6-5-10-8-14(21-2)12(17)9-11(10)16/h5-6,8-9,13H,3-4,7H2,1-2H3,(H,18,20)/b6-5+. The Morgan fingerprint density at radius 1 is 1.43 bits per heavy atom. The number of ether oxygens (including phenoxy) is 1. The van der Waals surface area contributed by atoms with E-state index >= 15 is 0 Å². The van der Waals surface area contributed by atoms with Crippen molar-refractivity contribution in [1.82, 2.24) is 10.2 Å². The highest BCUT2D eigenvalue weighted by Crippen LogP contribution is 2.32. The third-order valence-corrected chi connectivity index (χ3v) is 4.89.